The third-order valence-electron chi connectivity index (χ3n) is 2.29. The van der Waals surface area contributed by atoms with Crippen LogP contribution in [0.5, 0.6) is 0 Å². The minimum atomic E-state index is -1.04. The smallest absolute Gasteiger partial charge is 0.243 e. The summed E-state index contributed by atoms with van der Waals surface area (Å²) in [5.41, 5.74) is -0.462. The molecule has 0 saturated heterocycles. The van der Waals surface area contributed by atoms with Crippen LogP contribution in [0, 0.1) is 17.0 Å². The van der Waals surface area contributed by atoms with Crippen LogP contribution in [0.25, 0.3) is 0 Å². The van der Waals surface area contributed by atoms with Gasteiger partial charge in [0.15, 0.2) is 11.6 Å². The average Bonchev–Trinajstić information content (AvgIpc) is 2.29. The molecule has 0 atom stereocenters. The predicted molar refractivity (Wildman–Crippen MR) is 67.5 cm³/mol. The van der Waals surface area contributed by atoms with E-state index in [1.165, 1.54) is 6.07 Å². The van der Waals surface area contributed by atoms with Gasteiger partial charge in [-0.1, -0.05) is 20.8 Å². The first-order valence-electron chi connectivity index (χ1n) is 5.73. The standard InChI is InChI=1S/C13H16F2N2O2/c1-13(2,3)12(19)16-7-11(18)17-8-4-5-9(14)10(15)6-8/h4-6H,7H2,1-3H3,(H,16,19)(H,17,18). The zero-order valence-corrected chi connectivity index (χ0v) is 11.0. The van der Waals surface area contributed by atoms with Gasteiger partial charge in [0.05, 0.1) is 6.54 Å². The Bertz CT molecular complexity index is 496. The molecule has 0 aromatic heterocycles. The fourth-order valence-corrected chi connectivity index (χ4v) is 1.20. The van der Waals surface area contributed by atoms with Gasteiger partial charge in [-0.2, -0.15) is 0 Å². The molecule has 0 aliphatic heterocycles. The van der Waals surface area contributed by atoms with Crippen LogP contribution in [0.15, 0.2) is 18.2 Å². The molecule has 0 spiro atoms. The molecule has 1 rings (SSSR count). The second kappa shape index (κ2) is 5.77. The molecule has 4 nitrogen and oxygen atoms in total. The van der Waals surface area contributed by atoms with Gasteiger partial charge in [0, 0.05) is 17.2 Å². The largest absolute Gasteiger partial charge is 0.347 e. The number of rotatable bonds is 3. The number of amides is 2. The highest BCUT2D eigenvalue weighted by molar-refractivity contribution is 5.95. The van der Waals surface area contributed by atoms with Gasteiger partial charge in [0.25, 0.3) is 0 Å². The Morgan fingerprint density at radius 2 is 1.79 bits per heavy atom. The van der Waals surface area contributed by atoms with E-state index in [0.717, 1.165) is 12.1 Å². The van der Waals surface area contributed by atoms with E-state index >= 15 is 0 Å². The zero-order valence-electron chi connectivity index (χ0n) is 11.0. The molecule has 6 heteroatoms. The monoisotopic (exact) mass is 270 g/mol. The topological polar surface area (TPSA) is 58.2 Å². The van der Waals surface area contributed by atoms with Gasteiger partial charge in [-0.3, -0.25) is 9.59 Å². The molecule has 0 saturated carbocycles. The molecule has 0 unspecified atom stereocenters. The second-order valence-electron chi connectivity index (χ2n) is 5.11. The molecular formula is C13H16F2N2O2. The molecule has 2 N–H and O–H groups in total. The lowest BCUT2D eigenvalue weighted by atomic mass is 9.96. The van der Waals surface area contributed by atoms with Crippen LogP contribution in [0.3, 0.4) is 0 Å². The average molecular weight is 270 g/mol. The zero-order chi connectivity index (χ0) is 14.6. The summed E-state index contributed by atoms with van der Waals surface area (Å²) in [5.74, 6) is -2.81. The molecule has 1 aromatic carbocycles. The molecule has 1 aromatic rings. The number of carbonyl (C=O) groups is 2. The van der Waals surface area contributed by atoms with Crippen molar-refractivity contribution in [3.05, 3.63) is 29.8 Å². The summed E-state index contributed by atoms with van der Waals surface area (Å²) in [6.07, 6.45) is 0. The quantitative estimate of drug-likeness (QED) is 0.883. The van der Waals surface area contributed by atoms with Gasteiger partial charge in [-0.15, -0.1) is 0 Å². The molecule has 0 aliphatic rings. The molecule has 0 aliphatic carbocycles. The molecule has 0 fully saturated rings. The van der Waals surface area contributed by atoms with Crippen molar-refractivity contribution >= 4 is 17.5 Å². The van der Waals surface area contributed by atoms with Crippen LogP contribution < -0.4 is 10.6 Å². The van der Waals surface area contributed by atoms with E-state index in [-0.39, 0.29) is 18.1 Å². The first-order chi connectivity index (χ1) is 8.70. The molecular weight excluding hydrogens is 254 g/mol. The highest BCUT2D eigenvalue weighted by atomic mass is 19.2. The molecule has 2 amide bonds. The van der Waals surface area contributed by atoms with E-state index < -0.39 is 23.0 Å². The number of halogens is 2. The highest BCUT2D eigenvalue weighted by Gasteiger charge is 2.21. The maximum absolute atomic E-state index is 12.9. The van der Waals surface area contributed by atoms with Gasteiger partial charge >= 0.3 is 0 Å². The number of hydrogen-bond donors (Lipinski definition) is 2. The lowest BCUT2D eigenvalue weighted by Crippen LogP contribution is -2.39. The molecule has 0 heterocycles. The summed E-state index contributed by atoms with van der Waals surface area (Å²) in [5, 5.41) is 4.81. The van der Waals surface area contributed by atoms with Crippen LogP contribution in [-0.2, 0) is 9.59 Å². The minimum absolute atomic E-state index is 0.133. The van der Waals surface area contributed by atoms with E-state index in [2.05, 4.69) is 10.6 Å². The molecule has 19 heavy (non-hydrogen) atoms. The SMILES string of the molecule is CC(C)(C)C(=O)NCC(=O)Nc1ccc(F)c(F)c1. The highest BCUT2D eigenvalue weighted by Crippen LogP contribution is 2.13. The first kappa shape index (κ1) is 15.1. The van der Waals surface area contributed by atoms with E-state index in [1.54, 1.807) is 20.8 Å². The number of carbonyl (C=O) groups excluding carboxylic acids is 2. The maximum atomic E-state index is 12.9. The lowest BCUT2D eigenvalue weighted by Gasteiger charge is -2.17. The second-order valence-corrected chi connectivity index (χ2v) is 5.11. The first-order valence-corrected chi connectivity index (χ1v) is 5.73. The summed E-state index contributed by atoms with van der Waals surface area (Å²) in [6.45, 7) is 4.93. The molecule has 0 bridgehead atoms. The van der Waals surface area contributed by atoms with Crippen molar-refractivity contribution in [1.29, 1.82) is 0 Å². The van der Waals surface area contributed by atoms with Crippen LogP contribution in [0.1, 0.15) is 20.8 Å². The third-order valence-corrected chi connectivity index (χ3v) is 2.29. The number of hydrogen-bond acceptors (Lipinski definition) is 2. The summed E-state index contributed by atoms with van der Waals surface area (Å²) in [6, 6.07) is 3.03. The van der Waals surface area contributed by atoms with E-state index in [9.17, 15) is 18.4 Å². The molecule has 0 radical (unpaired) electrons. The Morgan fingerprint density at radius 3 is 2.32 bits per heavy atom. The van der Waals surface area contributed by atoms with Crippen molar-refractivity contribution in [2.24, 2.45) is 5.41 Å². The van der Waals surface area contributed by atoms with E-state index in [0.29, 0.717) is 0 Å². The third kappa shape index (κ3) is 4.65. The van der Waals surface area contributed by atoms with Crippen molar-refractivity contribution in [1.82, 2.24) is 5.32 Å². The normalized spacial score (nSPS) is 11.0. The van der Waals surface area contributed by atoms with Crippen molar-refractivity contribution in [3.63, 3.8) is 0 Å². The summed E-state index contributed by atoms with van der Waals surface area (Å²) < 4.78 is 25.6. The number of nitrogens with one attached hydrogen (secondary N) is 2. The maximum Gasteiger partial charge on any atom is 0.243 e. The van der Waals surface area contributed by atoms with Crippen LogP contribution in [-0.4, -0.2) is 18.4 Å². The predicted octanol–water partition coefficient (Wildman–Crippen LogP) is 2.07. The minimum Gasteiger partial charge on any atom is -0.347 e. The number of anilines is 1. The molecule has 104 valence electrons. The van der Waals surface area contributed by atoms with Crippen molar-refractivity contribution in [2.45, 2.75) is 20.8 Å². The number of benzene rings is 1. The van der Waals surface area contributed by atoms with Gasteiger partial charge in [0.1, 0.15) is 0 Å². The summed E-state index contributed by atoms with van der Waals surface area (Å²) in [4.78, 5) is 23.0. The van der Waals surface area contributed by atoms with Crippen LogP contribution in [0.4, 0.5) is 14.5 Å². The Balaban J connectivity index is 2.52. The Hall–Kier alpha value is -1.98. The summed E-state index contributed by atoms with van der Waals surface area (Å²) in [7, 11) is 0. The fourth-order valence-electron chi connectivity index (χ4n) is 1.20. The Morgan fingerprint density at radius 1 is 1.16 bits per heavy atom. The fraction of sp³-hybridized carbons (Fsp3) is 0.385. The van der Waals surface area contributed by atoms with E-state index in [1.807, 2.05) is 0 Å². The van der Waals surface area contributed by atoms with Gasteiger partial charge in [0.2, 0.25) is 11.8 Å². The van der Waals surface area contributed by atoms with Crippen molar-refractivity contribution < 1.29 is 18.4 Å². The van der Waals surface area contributed by atoms with Crippen LogP contribution >= 0.6 is 0 Å². The van der Waals surface area contributed by atoms with Gasteiger partial charge < -0.3 is 10.6 Å². The Kier molecular flexibility index (Phi) is 4.58. The van der Waals surface area contributed by atoms with Crippen molar-refractivity contribution in [2.75, 3.05) is 11.9 Å². The summed E-state index contributed by atoms with van der Waals surface area (Å²) >= 11 is 0. The van der Waals surface area contributed by atoms with Crippen LogP contribution in [0.2, 0.25) is 0 Å². The lowest BCUT2D eigenvalue weighted by molar-refractivity contribution is -0.130. The Labute approximate surface area is 110 Å². The van der Waals surface area contributed by atoms with Gasteiger partial charge in [-0.05, 0) is 12.1 Å². The van der Waals surface area contributed by atoms with E-state index in [4.69, 9.17) is 0 Å². The van der Waals surface area contributed by atoms with Gasteiger partial charge in [-0.25, -0.2) is 8.78 Å². The van der Waals surface area contributed by atoms with Crippen molar-refractivity contribution in [3.8, 4) is 0 Å².